The first kappa shape index (κ1) is 20.9. The zero-order valence-corrected chi connectivity index (χ0v) is 13.7. The van der Waals surface area contributed by atoms with Crippen molar-refractivity contribution < 1.29 is 18.0 Å². The van der Waals surface area contributed by atoms with Gasteiger partial charge in [0.1, 0.15) is 5.69 Å². The number of nitrogens with zero attached hydrogens (tertiary/aromatic N) is 2. The van der Waals surface area contributed by atoms with Gasteiger partial charge in [-0.1, -0.05) is 0 Å². The van der Waals surface area contributed by atoms with E-state index in [2.05, 4.69) is 10.3 Å². The van der Waals surface area contributed by atoms with Crippen molar-refractivity contribution in [2.75, 3.05) is 13.1 Å². The normalized spacial score (nSPS) is 21.6. The fourth-order valence-corrected chi connectivity index (χ4v) is 2.16. The summed E-state index contributed by atoms with van der Waals surface area (Å²) >= 11 is 0. The van der Waals surface area contributed by atoms with Crippen molar-refractivity contribution in [3.05, 3.63) is 29.6 Å². The molecule has 2 atom stereocenters. The third kappa shape index (κ3) is 4.72. The predicted molar refractivity (Wildman–Crippen MR) is 81.7 cm³/mol. The van der Waals surface area contributed by atoms with Crippen LogP contribution < -0.4 is 5.32 Å². The van der Waals surface area contributed by atoms with Gasteiger partial charge >= 0.3 is 6.18 Å². The smallest absolute Gasteiger partial charge is 0.333 e. The second-order valence-electron chi connectivity index (χ2n) is 5.05. The maximum absolute atomic E-state index is 12.4. The highest BCUT2D eigenvalue weighted by atomic mass is 35.5. The summed E-state index contributed by atoms with van der Waals surface area (Å²) in [6.07, 6.45) is -3.50. The summed E-state index contributed by atoms with van der Waals surface area (Å²) < 4.78 is 37.3. The Labute approximate surface area is 139 Å². The number of nitrogens with one attached hydrogen (secondary N) is 1. The van der Waals surface area contributed by atoms with E-state index in [0.29, 0.717) is 13.1 Å². The Bertz CT molecular complexity index is 496. The van der Waals surface area contributed by atoms with E-state index in [1.165, 1.54) is 6.07 Å². The van der Waals surface area contributed by atoms with Crippen LogP contribution >= 0.6 is 24.8 Å². The Morgan fingerprint density at radius 1 is 1.32 bits per heavy atom. The van der Waals surface area contributed by atoms with Gasteiger partial charge in [-0.15, -0.1) is 24.8 Å². The second-order valence-corrected chi connectivity index (χ2v) is 5.05. The molecule has 2 rings (SSSR count). The first-order chi connectivity index (χ1) is 9.29. The number of pyridine rings is 1. The van der Waals surface area contributed by atoms with Gasteiger partial charge in [0.25, 0.3) is 5.91 Å². The van der Waals surface area contributed by atoms with Gasteiger partial charge in [0.2, 0.25) is 0 Å². The maximum Gasteiger partial charge on any atom is 0.433 e. The molecule has 0 aromatic carbocycles. The van der Waals surface area contributed by atoms with Crippen LogP contribution in [0.15, 0.2) is 18.3 Å². The molecular formula is C13H18Cl2F3N3O. The molecule has 0 spiro atoms. The lowest BCUT2D eigenvalue weighted by atomic mass is 10.1. The average Bonchev–Trinajstić information content (AvgIpc) is 2.40. The average molecular weight is 360 g/mol. The second kappa shape index (κ2) is 7.99. The lowest BCUT2D eigenvalue weighted by molar-refractivity contribution is -0.141. The molecule has 9 heteroatoms. The van der Waals surface area contributed by atoms with Crippen molar-refractivity contribution in [1.82, 2.24) is 15.2 Å². The molecule has 2 heterocycles. The highest BCUT2D eigenvalue weighted by Gasteiger charge is 2.33. The minimum atomic E-state index is -4.49. The molecule has 22 heavy (non-hydrogen) atoms. The van der Waals surface area contributed by atoms with Gasteiger partial charge in [-0.3, -0.25) is 9.78 Å². The number of hydrogen-bond donors (Lipinski definition) is 1. The van der Waals surface area contributed by atoms with E-state index >= 15 is 0 Å². The summed E-state index contributed by atoms with van der Waals surface area (Å²) in [4.78, 5) is 17.3. The molecule has 1 saturated heterocycles. The van der Waals surface area contributed by atoms with E-state index in [4.69, 9.17) is 0 Å². The highest BCUT2D eigenvalue weighted by molar-refractivity contribution is 5.94. The number of amides is 1. The Kier molecular flexibility index (Phi) is 7.61. The van der Waals surface area contributed by atoms with Crippen molar-refractivity contribution in [3.63, 3.8) is 0 Å². The SMILES string of the molecule is CC1CN(C(=O)c2ccc(C(F)(F)F)nc2)C(C)CN1.Cl.Cl. The number of aromatic nitrogens is 1. The Morgan fingerprint density at radius 2 is 1.95 bits per heavy atom. The van der Waals surface area contributed by atoms with Gasteiger partial charge in [-0.2, -0.15) is 13.2 Å². The van der Waals surface area contributed by atoms with E-state index in [1.807, 2.05) is 13.8 Å². The fourth-order valence-electron chi connectivity index (χ4n) is 2.16. The summed E-state index contributed by atoms with van der Waals surface area (Å²) in [7, 11) is 0. The number of piperazine rings is 1. The van der Waals surface area contributed by atoms with Gasteiger partial charge < -0.3 is 10.2 Å². The largest absolute Gasteiger partial charge is 0.433 e. The van der Waals surface area contributed by atoms with Crippen LogP contribution in [0.2, 0.25) is 0 Å². The molecule has 0 radical (unpaired) electrons. The zero-order valence-electron chi connectivity index (χ0n) is 12.1. The van der Waals surface area contributed by atoms with Crippen molar-refractivity contribution >= 4 is 30.7 Å². The molecule has 1 amide bonds. The van der Waals surface area contributed by atoms with Crippen LogP contribution in [0.4, 0.5) is 13.2 Å². The molecule has 1 aliphatic rings. The number of carbonyl (C=O) groups excluding carboxylic acids is 1. The third-order valence-corrected chi connectivity index (χ3v) is 3.33. The molecule has 0 aliphatic carbocycles. The Balaban J connectivity index is 0.00000220. The zero-order chi connectivity index (χ0) is 14.9. The molecule has 1 aliphatic heterocycles. The predicted octanol–water partition coefficient (Wildman–Crippen LogP) is 2.77. The van der Waals surface area contributed by atoms with E-state index in [9.17, 15) is 18.0 Å². The van der Waals surface area contributed by atoms with Gasteiger partial charge in [0, 0.05) is 31.4 Å². The van der Waals surface area contributed by atoms with Crippen LogP contribution in [0.5, 0.6) is 0 Å². The highest BCUT2D eigenvalue weighted by Crippen LogP contribution is 2.27. The van der Waals surface area contributed by atoms with Crippen LogP contribution in [0, 0.1) is 0 Å². The van der Waals surface area contributed by atoms with Crippen molar-refractivity contribution in [1.29, 1.82) is 0 Å². The Hall–Kier alpha value is -1.05. The molecule has 2 unspecified atom stereocenters. The number of hydrogen-bond acceptors (Lipinski definition) is 3. The van der Waals surface area contributed by atoms with Crippen molar-refractivity contribution in [2.45, 2.75) is 32.1 Å². The topological polar surface area (TPSA) is 45.2 Å². The summed E-state index contributed by atoms with van der Waals surface area (Å²) in [5, 5.41) is 3.24. The van der Waals surface area contributed by atoms with E-state index < -0.39 is 11.9 Å². The molecule has 1 aromatic heterocycles. The van der Waals surface area contributed by atoms with E-state index in [0.717, 1.165) is 12.3 Å². The molecular weight excluding hydrogens is 342 g/mol. The summed E-state index contributed by atoms with van der Waals surface area (Å²) in [6.45, 7) is 5.05. The molecule has 126 valence electrons. The first-order valence-electron chi connectivity index (χ1n) is 6.36. The molecule has 0 saturated carbocycles. The van der Waals surface area contributed by atoms with E-state index in [-0.39, 0.29) is 48.4 Å². The van der Waals surface area contributed by atoms with E-state index in [1.54, 1.807) is 4.90 Å². The number of halogens is 5. The van der Waals surface area contributed by atoms with Gasteiger partial charge in [0.15, 0.2) is 0 Å². The minimum absolute atomic E-state index is 0. The molecule has 1 aromatic rings. The first-order valence-corrected chi connectivity index (χ1v) is 6.36. The van der Waals surface area contributed by atoms with Gasteiger partial charge in [-0.25, -0.2) is 0 Å². The summed E-state index contributed by atoms with van der Waals surface area (Å²) in [5.41, 5.74) is -0.810. The summed E-state index contributed by atoms with van der Waals surface area (Å²) in [6, 6.07) is 2.18. The molecule has 4 nitrogen and oxygen atoms in total. The minimum Gasteiger partial charge on any atom is -0.333 e. The summed E-state index contributed by atoms with van der Waals surface area (Å²) in [5.74, 6) is -0.285. The standard InChI is InChI=1S/C13H16F3N3O.2ClH/c1-8-7-19(9(2)5-17-8)12(20)10-3-4-11(18-6-10)13(14,15)16;;/h3-4,6,8-9,17H,5,7H2,1-2H3;2*1H. The third-order valence-electron chi connectivity index (χ3n) is 3.33. The molecule has 1 N–H and O–H groups in total. The Morgan fingerprint density at radius 3 is 2.45 bits per heavy atom. The number of alkyl halides is 3. The lowest BCUT2D eigenvalue weighted by Crippen LogP contribution is -2.56. The molecule has 1 fully saturated rings. The molecule has 0 bridgehead atoms. The van der Waals surface area contributed by atoms with Crippen LogP contribution in [0.25, 0.3) is 0 Å². The van der Waals surface area contributed by atoms with Crippen LogP contribution in [-0.4, -0.2) is 41.0 Å². The van der Waals surface area contributed by atoms with Crippen LogP contribution in [0.3, 0.4) is 0 Å². The lowest BCUT2D eigenvalue weighted by Gasteiger charge is -2.37. The van der Waals surface area contributed by atoms with Crippen molar-refractivity contribution in [3.8, 4) is 0 Å². The monoisotopic (exact) mass is 359 g/mol. The maximum atomic E-state index is 12.4. The van der Waals surface area contributed by atoms with Crippen molar-refractivity contribution in [2.24, 2.45) is 0 Å². The van der Waals surface area contributed by atoms with Gasteiger partial charge in [-0.05, 0) is 26.0 Å². The number of rotatable bonds is 1. The van der Waals surface area contributed by atoms with Crippen LogP contribution in [-0.2, 0) is 6.18 Å². The number of carbonyl (C=O) groups is 1. The quantitative estimate of drug-likeness (QED) is 0.838. The van der Waals surface area contributed by atoms with Crippen LogP contribution in [0.1, 0.15) is 29.9 Å². The van der Waals surface area contributed by atoms with Gasteiger partial charge in [0.05, 0.1) is 5.56 Å². The fraction of sp³-hybridized carbons (Fsp3) is 0.538.